The molecule has 3 aliphatic carbocycles. The van der Waals surface area contributed by atoms with Gasteiger partial charge in [-0.1, -0.05) is 160 Å². The third kappa shape index (κ3) is 5.69. The van der Waals surface area contributed by atoms with Crippen molar-refractivity contribution in [3.8, 4) is 39.1 Å². The van der Waals surface area contributed by atoms with Crippen molar-refractivity contribution in [1.82, 2.24) is 4.57 Å². The number of nitrogens with one attached hydrogen (secondary N) is 1. The van der Waals surface area contributed by atoms with Crippen molar-refractivity contribution in [2.24, 2.45) is 0 Å². The summed E-state index contributed by atoms with van der Waals surface area (Å²) in [5.41, 5.74) is 27.2. The van der Waals surface area contributed by atoms with E-state index in [1.165, 1.54) is 144 Å². The summed E-state index contributed by atoms with van der Waals surface area (Å²) < 4.78 is 5.37. The predicted octanol–water partition coefficient (Wildman–Crippen LogP) is 16.5. The Morgan fingerprint density at radius 3 is 1.91 bits per heavy atom. The fourth-order valence-corrected chi connectivity index (χ4v) is 14.9. The van der Waals surface area contributed by atoms with Crippen molar-refractivity contribution < 1.29 is 0 Å². The van der Waals surface area contributed by atoms with Gasteiger partial charge in [0.1, 0.15) is 0 Å². The van der Waals surface area contributed by atoms with E-state index < -0.39 is 0 Å². The standard InChI is InChI=1S/C66H61BN2S/c1-62(2,3)36-20-22-37(23-21-36)68-55-32-44-43-29-52-53(64(6,7)27-26-63(52,4)5)33-50(43)66(10,11)49(44)30-45(55)40-24-25-41-46-28-42-38-16-12-14-18-48(38)65(8,9)51(42)34-56(46)69-57-35-59-47(31-54(57)67-60(40)61(41)69)39-17-13-15-19-58(39)70-59/h12-25,28-35,67-68H,26-27H2,1-11H3. The van der Waals surface area contributed by atoms with Gasteiger partial charge >= 0.3 is 0 Å². The molecule has 70 heavy (non-hydrogen) atoms. The average molecular weight is 925 g/mol. The zero-order valence-corrected chi connectivity index (χ0v) is 43.5. The number of benzene rings is 8. The lowest BCUT2D eigenvalue weighted by atomic mass is 9.59. The second-order valence-corrected chi connectivity index (χ2v) is 26.0. The van der Waals surface area contributed by atoms with E-state index in [-0.39, 0.29) is 27.1 Å². The highest BCUT2D eigenvalue weighted by atomic mass is 32.1. The minimum Gasteiger partial charge on any atom is -0.355 e. The summed E-state index contributed by atoms with van der Waals surface area (Å²) >= 11 is 1.92. The molecular formula is C66H61BN2S. The second-order valence-electron chi connectivity index (χ2n) is 24.9. The number of hydrogen-bond donors (Lipinski definition) is 1. The summed E-state index contributed by atoms with van der Waals surface area (Å²) in [6, 6.07) is 52.7. The van der Waals surface area contributed by atoms with Crippen LogP contribution >= 0.6 is 11.3 Å². The van der Waals surface area contributed by atoms with Crippen LogP contribution in [0.3, 0.4) is 0 Å². The Labute approximate surface area is 418 Å². The maximum atomic E-state index is 4.09. The molecule has 8 aromatic carbocycles. The molecule has 0 bridgehead atoms. The van der Waals surface area contributed by atoms with Crippen LogP contribution in [0, 0.1) is 0 Å². The van der Waals surface area contributed by atoms with E-state index in [4.69, 9.17) is 0 Å². The van der Waals surface area contributed by atoms with Gasteiger partial charge in [-0.05, 0) is 161 Å². The maximum absolute atomic E-state index is 4.09. The molecule has 1 aliphatic heterocycles. The third-order valence-corrected chi connectivity index (χ3v) is 19.2. The molecule has 0 saturated carbocycles. The van der Waals surface area contributed by atoms with Gasteiger partial charge < -0.3 is 9.88 Å². The van der Waals surface area contributed by atoms with E-state index in [0.717, 1.165) is 18.7 Å². The van der Waals surface area contributed by atoms with Crippen molar-refractivity contribution in [1.29, 1.82) is 0 Å². The van der Waals surface area contributed by atoms with Gasteiger partial charge in [0.15, 0.2) is 7.28 Å². The van der Waals surface area contributed by atoms with E-state index in [0.29, 0.717) is 0 Å². The fraction of sp³-hybridized carbons (Fsp3) is 0.273. The van der Waals surface area contributed by atoms with Crippen LogP contribution in [0.2, 0.25) is 0 Å². The number of aromatic nitrogens is 1. The highest BCUT2D eigenvalue weighted by Crippen LogP contribution is 2.57. The number of thiophene rings is 1. The van der Waals surface area contributed by atoms with Crippen molar-refractivity contribution in [3.63, 3.8) is 0 Å². The van der Waals surface area contributed by atoms with E-state index >= 15 is 0 Å². The Morgan fingerprint density at radius 1 is 0.500 bits per heavy atom. The zero-order chi connectivity index (χ0) is 48.2. The molecule has 344 valence electrons. The van der Waals surface area contributed by atoms with E-state index in [9.17, 15) is 0 Å². The first-order valence-corrected chi connectivity index (χ1v) is 26.6. The third-order valence-electron chi connectivity index (χ3n) is 18.0. The van der Waals surface area contributed by atoms with Gasteiger partial charge in [0.05, 0.1) is 5.52 Å². The molecule has 0 atom stereocenters. The first-order chi connectivity index (χ1) is 33.3. The molecule has 0 spiro atoms. The Bertz CT molecular complexity index is 3970. The van der Waals surface area contributed by atoms with Gasteiger partial charge in [-0.25, -0.2) is 0 Å². The normalized spacial score (nSPS) is 17.2. The van der Waals surface area contributed by atoms with Crippen molar-refractivity contribution in [2.75, 3.05) is 5.32 Å². The number of hydrogen-bond acceptors (Lipinski definition) is 2. The minimum absolute atomic E-state index is 0.0705. The quantitative estimate of drug-likeness (QED) is 0.175. The number of anilines is 2. The summed E-state index contributed by atoms with van der Waals surface area (Å²) in [5.74, 6) is 0. The van der Waals surface area contributed by atoms with Crippen LogP contribution in [-0.2, 0) is 27.1 Å². The first kappa shape index (κ1) is 42.5. The molecule has 3 heterocycles. The van der Waals surface area contributed by atoms with Crippen molar-refractivity contribution in [2.45, 2.75) is 116 Å². The first-order valence-electron chi connectivity index (χ1n) is 25.7. The van der Waals surface area contributed by atoms with Gasteiger partial charge in [0.2, 0.25) is 0 Å². The Balaban J connectivity index is 1.05. The Hall–Kier alpha value is -6.36. The van der Waals surface area contributed by atoms with Crippen LogP contribution in [-0.4, -0.2) is 11.8 Å². The van der Waals surface area contributed by atoms with E-state index in [1.807, 2.05) is 11.3 Å². The lowest BCUT2D eigenvalue weighted by molar-refractivity contribution is 0.331. The van der Waals surface area contributed by atoms with E-state index in [2.05, 4.69) is 220 Å². The second kappa shape index (κ2) is 13.7. The highest BCUT2D eigenvalue weighted by Gasteiger charge is 2.44. The topological polar surface area (TPSA) is 17.0 Å². The minimum atomic E-state index is -0.183. The molecule has 4 aliphatic rings. The van der Waals surface area contributed by atoms with Crippen LogP contribution in [0.25, 0.3) is 81.0 Å². The molecule has 2 aromatic heterocycles. The summed E-state index contributed by atoms with van der Waals surface area (Å²) in [5, 5.41) is 9.46. The summed E-state index contributed by atoms with van der Waals surface area (Å²) in [6.45, 7) is 26.5. The van der Waals surface area contributed by atoms with Crippen LogP contribution in [0.5, 0.6) is 0 Å². The molecule has 0 fully saturated rings. The maximum Gasteiger partial charge on any atom is 0.198 e. The summed E-state index contributed by atoms with van der Waals surface area (Å²) in [4.78, 5) is 0. The molecule has 14 rings (SSSR count). The van der Waals surface area contributed by atoms with Gasteiger partial charge in [-0.3, -0.25) is 0 Å². The average Bonchev–Trinajstić information content (AvgIpc) is 3.99. The van der Waals surface area contributed by atoms with Gasteiger partial charge in [-0.2, -0.15) is 0 Å². The highest BCUT2D eigenvalue weighted by molar-refractivity contribution is 7.25. The molecule has 1 N–H and O–H groups in total. The summed E-state index contributed by atoms with van der Waals surface area (Å²) in [6.07, 6.45) is 2.41. The molecule has 10 aromatic rings. The molecule has 2 nitrogen and oxygen atoms in total. The molecule has 0 saturated heterocycles. The lowest BCUT2D eigenvalue weighted by Crippen LogP contribution is -2.37. The smallest absolute Gasteiger partial charge is 0.198 e. The van der Waals surface area contributed by atoms with Crippen molar-refractivity contribution >= 4 is 82.9 Å². The number of nitrogens with zero attached hydrogens (tertiary/aromatic N) is 1. The predicted molar refractivity (Wildman–Crippen MR) is 304 cm³/mol. The SMILES string of the molecule is CC(C)(C)c1ccc(Nc2cc3c(cc2-c2ccc4c5cc6c(cc5n5c4c2Bc2cc4c(cc2-5)sc2ccccc24)C(C)(C)c2ccccc2-6)C(C)(C)c2cc4c(cc2-3)C(C)(C)CCC4(C)C)cc1. The van der Waals surface area contributed by atoms with Gasteiger partial charge in [0.25, 0.3) is 0 Å². The summed E-state index contributed by atoms with van der Waals surface area (Å²) in [7, 11) is 0.851. The molecule has 0 unspecified atom stereocenters. The van der Waals surface area contributed by atoms with Gasteiger partial charge in [0, 0.05) is 64.5 Å². The van der Waals surface area contributed by atoms with Crippen LogP contribution in [0.4, 0.5) is 11.4 Å². The van der Waals surface area contributed by atoms with Gasteiger partial charge in [-0.15, -0.1) is 11.3 Å². The van der Waals surface area contributed by atoms with Crippen LogP contribution < -0.4 is 16.2 Å². The monoisotopic (exact) mass is 924 g/mol. The fourth-order valence-electron chi connectivity index (χ4n) is 13.8. The molecule has 0 amide bonds. The van der Waals surface area contributed by atoms with Crippen LogP contribution in [0.15, 0.2) is 133 Å². The number of fused-ring (bicyclic) bond motifs is 15. The lowest BCUT2D eigenvalue weighted by Gasteiger charge is -2.42. The molecule has 0 radical (unpaired) electrons. The Kier molecular flexibility index (Phi) is 8.34. The van der Waals surface area contributed by atoms with Crippen molar-refractivity contribution in [3.05, 3.63) is 172 Å². The molecular weight excluding hydrogens is 864 g/mol. The molecule has 4 heteroatoms. The largest absolute Gasteiger partial charge is 0.355 e. The Morgan fingerprint density at radius 2 is 1.14 bits per heavy atom. The number of rotatable bonds is 3. The zero-order valence-electron chi connectivity index (χ0n) is 42.7. The van der Waals surface area contributed by atoms with Crippen LogP contribution in [0.1, 0.15) is 128 Å². The van der Waals surface area contributed by atoms with E-state index in [1.54, 1.807) is 0 Å².